The number of nitrogens with one attached hydrogen (secondary N) is 1. The molecule has 98 valence electrons. The number of benzene rings is 1. The Morgan fingerprint density at radius 3 is 2.84 bits per heavy atom. The van der Waals surface area contributed by atoms with Gasteiger partial charge in [-0.15, -0.1) is 0 Å². The zero-order valence-corrected chi connectivity index (χ0v) is 12.1. The Morgan fingerprint density at radius 2 is 2.21 bits per heavy atom. The molecule has 0 fully saturated rings. The highest BCUT2D eigenvalue weighted by Gasteiger charge is 2.15. The Labute approximate surface area is 120 Å². The lowest BCUT2D eigenvalue weighted by molar-refractivity contribution is 0.697. The summed E-state index contributed by atoms with van der Waals surface area (Å²) in [5.41, 5.74) is 7.42. The molecule has 1 heterocycles. The molecule has 0 unspecified atom stereocenters. The molecule has 0 atom stereocenters. The van der Waals surface area contributed by atoms with Crippen molar-refractivity contribution < 1.29 is 0 Å². The molecule has 1 aromatic carbocycles. The largest absolute Gasteiger partial charge is 0.383 e. The number of nitrogens with two attached hydrogens (primary N) is 1. The normalized spacial score (nSPS) is 10.2. The summed E-state index contributed by atoms with van der Waals surface area (Å²) < 4.78 is 2.63. The molecule has 5 nitrogen and oxygen atoms in total. The van der Waals surface area contributed by atoms with Crippen LogP contribution in [0.1, 0.15) is 18.1 Å². The highest BCUT2D eigenvalue weighted by atomic mass is 79.9. The summed E-state index contributed by atoms with van der Waals surface area (Å²) >= 11 is 3.49. The summed E-state index contributed by atoms with van der Waals surface area (Å²) in [5.74, 6) is 0.920. The molecule has 0 bridgehead atoms. The van der Waals surface area contributed by atoms with Gasteiger partial charge in [-0.3, -0.25) is 0 Å². The van der Waals surface area contributed by atoms with Gasteiger partial charge in [-0.05, 0) is 18.6 Å². The maximum Gasteiger partial charge on any atom is 0.168 e. The van der Waals surface area contributed by atoms with Crippen molar-refractivity contribution in [3.63, 3.8) is 0 Å². The molecule has 0 radical (unpaired) electrons. The fraction of sp³-hybridized carbons (Fsp3) is 0.231. The minimum atomic E-state index is 0.384. The first-order valence-corrected chi connectivity index (χ1v) is 6.70. The topological polar surface area (TPSA) is 79.7 Å². The number of aromatic nitrogens is 2. The maximum absolute atomic E-state index is 9.13. The van der Waals surface area contributed by atoms with Crippen LogP contribution in [0.3, 0.4) is 0 Å². The molecule has 0 aliphatic heterocycles. The van der Waals surface area contributed by atoms with E-state index >= 15 is 0 Å². The van der Waals surface area contributed by atoms with Gasteiger partial charge in [0.2, 0.25) is 0 Å². The first-order chi connectivity index (χ1) is 9.17. The van der Waals surface area contributed by atoms with Crippen LogP contribution in [0, 0.1) is 11.3 Å². The third-order valence-corrected chi connectivity index (χ3v) is 3.50. The number of hydrogen-bond acceptors (Lipinski definition) is 4. The predicted molar refractivity (Wildman–Crippen MR) is 78.8 cm³/mol. The van der Waals surface area contributed by atoms with E-state index in [0.29, 0.717) is 30.3 Å². The monoisotopic (exact) mass is 319 g/mol. The summed E-state index contributed by atoms with van der Waals surface area (Å²) in [6.07, 6.45) is 0. The fourth-order valence-electron chi connectivity index (χ4n) is 1.78. The summed E-state index contributed by atoms with van der Waals surface area (Å²) in [6.45, 7) is 3.16. The summed E-state index contributed by atoms with van der Waals surface area (Å²) in [5, 5.41) is 16.5. The van der Waals surface area contributed by atoms with E-state index < -0.39 is 0 Å². The number of nitrogen functional groups attached to an aromatic ring is 1. The van der Waals surface area contributed by atoms with E-state index in [0.717, 1.165) is 10.0 Å². The minimum Gasteiger partial charge on any atom is -0.383 e. The molecule has 0 saturated carbocycles. The Bertz CT molecular complexity index is 626. The van der Waals surface area contributed by atoms with Crippen LogP contribution in [-0.4, -0.2) is 16.3 Å². The van der Waals surface area contributed by atoms with Crippen molar-refractivity contribution in [2.75, 3.05) is 17.6 Å². The fourth-order valence-corrected chi connectivity index (χ4v) is 2.20. The van der Waals surface area contributed by atoms with E-state index in [1.54, 1.807) is 4.68 Å². The standard InChI is InChI=1S/C13H14BrN5/c1-2-17-13-10(7-15)12(16)19(18-13)8-9-5-3-4-6-11(9)14/h3-6H,2,8,16H2,1H3,(H,17,18). The summed E-state index contributed by atoms with van der Waals surface area (Å²) in [7, 11) is 0. The average Bonchev–Trinajstić information content (AvgIpc) is 2.69. The van der Waals surface area contributed by atoms with Crippen LogP contribution in [0.15, 0.2) is 28.7 Å². The van der Waals surface area contributed by atoms with Crippen LogP contribution in [0.25, 0.3) is 0 Å². The van der Waals surface area contributed by atoms with Crippen molar-refractivity contribution in [1.29, 1.82) is 5.26 Å². The van der Waals surface area contributed by atoms with E-state index in [9.17, 15) is 0 Å². The summed E-state index contributed by atoms with van der Waals surface area (Å²) in [6, 6.07) is 9.94. The van der Waals surface area contributed by atoms with Gasteiger partial charge in [-0.1, -0.05) is 34.1 Å². The van der Waals surface area contributed by atoms with E-state index in [4.69, 9.17) is 11.0 Å². The van der Waals surface area contributed by atoms with Gasteiger partial charge in [0.25, 0.3) is 0 Å². The maximum atomic E-state index is 9.13. The van der Waals surface area contributed by atoms with E-state index in [1.165, 1.54) is 0 Å². The smallest absolute Gasteiger partial charge is 0.168 e. The quantitative estimate of drug-likeness (QED) is 0.907. The Balaban J connectivity index is 2.36. The van der Waals surface area contributed by atoms with Gasteiger partial charge >= 0.3 is 0 Å². The highest BCUT2D eigenvalue weighted by molar-refractivity contribution is 9.10. The first-order valence-electron chi connectivity index (χ1n) is 5.91. The molecule has 0 saturated heterocycles. The second kappa shape index (κ2) is 5.76. The second-order valence-electron chi connectivity index (χ2n) is 4.00. The molecule has 3 N–H and O–H groups in total. The molecular weight excluding hydrogens is 306 g/mol. The van der Waals surface area contributed by atoms with Crippen molar-refractivity contribution in [3.05, 3.63) is 39.9 Å². The lowest BCUT2D eigenvalue weighted by Gasteiger charge is -2.06. The Hall–Kier alpha value is -2.00. The van der Waals surface area contributed by atoms with Crippen molar-refractivity contribution in [1.82, 2.24) is 9.78 Å². The molecule has 0 amide bonds. The molecule has 1 aromatic heterocycles. The van der Waals surface area contributed by atoms with Crippen LogP contribution in [0.4, 0.5) is 11.6 Å². The van der Waals surface area contributed by atoms with Crippen molar-refractivity contribution in [3.8, 4) is 6.07 Å². The molecular formula is C13H14BrN5. The molecule has 6 heteroatoms. The molecule has 0 spiro atoms. The van der Waals surface area contributed by atoms with Gasteiger partial charge in [0, 0.05) is 11.0 Å². The van der Waals surface area contributed by atoms with E-state index in [2.05, 4.69) is 32.4 Å². The van der Waals surface area contributed by atoms with Gasteiger partial charge < -0.3 is 11.1 Å². The van der Waals surface area contributed by atoms with E-state index in [-0.39, 0.29) is 0 Å². The molecule has 0 aliphatic rings. The van der Waals surface area contributed by atoms with Crippen molar-refractivity contribution >= 4 is 27.6 Å². The van der Waals surface area contributed by atoms with Crippen LogP contribution in [0.2, 0.25) is 0 Å². The summed E-state index contributed by atoms with van der Waals surface area (Å²) in [4.78, 5) is 0. The van der Waals surface area contributed by atoms with Crippen molar-refractivity contribution in [2.24, 2.45) is 0 Å². The van der Waals surface area contributed by atoms with Crippen LogP contribution < -0.4 is 11.1 Å². The van der Waals surface area contributed by atoms with Crippen LogP contribution in [0.5, 0.6) is 0 Å². The van der Waals surface area contributed by atoms with Crippen LogP contribution >= 0.6 is 15.9 Å². The van der Waals surface area contributed by atoms with Gasteiger partial charge in [-0.2, -0.15) is 10.4 Å². The number of anilines is 2. The van der Waals surface area contributed by atoms with Gasteiger partial charge in [0.15, 0.2) is 5.82 Å². The van der Waals surface area contributed by atoms with Gasteiger partial charge in [0.1, 0.15) is 17.5 Å². The van der Waals surface area contributed by atoms with Crippen LogP contribution in [-0.2, 0) is 6.54 Å². The zero-order valence-electron chi connectivity index (χ0n) is 10.5. The van der Waals surface area contributed by atoms with Gasteiger partial charge in [-0.25, -0.2) is 4.68 Å². The number of halogens is 1. The minimum absolute atomic E-state index is 0.384. The second-order valence-corrected chi connectivity index (χ2v) is 4.85. The van der Waals surface area contributed by atoms with Crippen molar-refractivity contribution in [2.45, 2.75) is 13.5 Å². The molecule has 2 aromatic rings. The number of rotatable bonds is 4. The molecule has 2 rings (SSSR count). The third-order valence-electron chi connectivity index (χ3n) is 2.73. The zero-order chi connectivity index (χ0) is 13.8. The highest BCUT2D eigenvalue weighted by Crippen LogP contribution is 2.23. The Kier molecular flexibility index (Phi) is 4.07. The molecule has 0 aliphatic carbocycles. The average molecular weight is 320 g/mol. The lowest BCUT2D eigenvalue weighted by Crippen LogP contribution is -2.07. The Morgan fingerprint density at radius 1 is 1.47 bits per heavy atom. The first kappa shape index (κ1) is 13.4. The van der Waals surface area contributed by atoms with Gasteiger partial charge in [0.05, 0.1) is 6.54 Å². The number of nitrogens with zero attached hydrogens (tertiary/aromatic N) is 3. The third kappa shape index (κ3) is 2.71. The van der Waals surface area contributed by atoms with E-state index in [1.807, 2.05) is 31.2 Å². The SMILES string of the molecule is CCNc1nn(Cc2ccccc2Br)c(N)c1C#N. The number of nitriles is 1. The predicted octanol–water partition coefficient (Wildman–Crippen LogP) is 2.58. The number of hydrogen-bond donors (Lipinski definition) is 2. The lowest BCUT2D eigenvalue weighted by atomic mass is 10.2. The molecule has 19 heavy (non-hydrogen) atoms.